The van der Waals surface area contributed by atoms with Gasteiger partial charge < -0.3 is 9.15 Å². The topological polar surface area (TPSA) is 76.1 Å². The summed E-state index contributed by atoms with van der Waals surface area (Å²) >= 11 is 3.02. The predicted octanol–water partition coefficient (Wildman–Crippen LogP) is 5.98. The SMILES string of the molecule is COC(=O)c1ccccc1-c1ccc(C=C(C#N)c2nc(-c3cccs3)cs2)o1. The first-order valence-electron chi connectivity index (χ1n) is 8.58. The van der Waals surface area contributed by atoms with Gasteiger partial charge in [0.1, 0.15) is 22.6 Å². The van der Waals surface area contributed by atoms with Crippen molar-refractivity contribution in [2.24, 2.45) is 0 Å². The van der Waals surface area contributed by atoms with E-state index < -0.39 is 5.97 Å². The number of nitriles is 1. The summed E-state index contributed by atoms with van der Waals surface area (Å²) in [6.45, 7) is 0. The molecule has 142 valence electrons. The van der Waals surface area contributed by atoms with Gasteiger partial charge in [0.2, 0.25) is 0 Å². The van der Waals surface area contributed by atoms with Crippen LogP contribution in [0.2, 0.25) is 0 Å². The fraction of sp³-hybridized carbons (Fsp3) is 0.0455. The molecule has 0 aliphatic heterocycles. The summed E-state index contributed by atoms with van der Waals surface area (Å²) in [6.07, 6.45) is 1.65. The molecular formula is C22H14N2O3S2. The van der Waals surface area contributed by atoms with Gasteiger partial charge in [-0.1, -0.05) is 24.3 Å². The fourth-order valence-corrected chi connectivity index (χ4v) is 4.33. The zero-order chi connectivity index (χ0) is 20.2. The molecule has 0 fully saturated rings. The first kappa shape index (κ1) is 18.9. The third kappa shape index (κ3) is 3.90. The summed E-state index contributed by atoms with van der Waals surface area (Å²) in [6, 6.07) is 16.7. The number of carbonyl (C=O) groups excluding carboxylic acids is 1. The van der Waals surface area contributed by atoms with Gasteiger partial charge in [-0.3, -0.25) is 0 Å². The zero-order valence-corrected chi connectivity index (χ0v) is 16.9. The highest BCUT2D eigenvalue weighted by Gasteiger charge is 2.16. The van der Waals surface area contributed by atoms with Crippen molar-refractivity contribution in [2.45, 2.75) is 0 Å². The monoisotopic (exact) mass is 418 g/mol. The Morgan fingerprint density at radius 2 is 2.03 bits per heavy atom. The van der Waals surface area contributed by atoms with Crippen LogP contribution in [-0.2, 0) is 4.74 Å². The van der Waals surface area contributed by atoms with E-state index in [1.54, 1.807) is 47.7 Å². The maximum atomic E-state index is 12.0. The van der Waals surface area contributed by atoms with E-state index in [0.29, 0.717) is 33.2 Å². The molecule has 0 unspecified atom stereocenters. The molecular weight excluding hydrogens is 404 g/mol. The maximum absolute atomic E-state index is 12.0. The van der Waals surface area contributed by atoms with Crippen LogP contribution in [0.5, 0.6) is 0 Å². The molecule has 0 bridgehead atoms. The number of benzene rings is 1. The van der Waals surface area contributed by atoms with Gasteiger partial charge in [-0.15, -0.1) is 22.7 Å². The lowest BCUT2D eigenvalue weighted by Gasteiger charge is -2.04. The molecule has 4 aromatic rings. The average molecular weight is 418 g/mol. The molecule has 0 saturated carbocycles. The maximum Gasteiger partial charge on any atom is 0.338 e. The fourth-order valence-electron chi connectivity index (χ4n) is 2.78. The second kappa shape index (κ2) is 8.27. The lowest BCUT2D eigenvalue weighted by molar-refractivity contribution is 0.0601. The number of furan rings is 1. The number of nitrogens with zero attached hydrogens (tertiary/aromatic N) is 2. The van der Waals surface area contributed by atoms with Crippen LogP contribution >= 0.6 is 22.7 Å². The first-order chi connectivity index (χ1) is 14.2. The number of aromatic nitrogens is 1. The van der Waals surface area contributed by atoms with Crippen LogP contribution in [0.1, 0.15) is 21.1 Å². The number of allylic oxidation sites excluding steroid dienone is 1. The lowest BCUT2D eigenvalue weighted by atomic mass is 10.1. The summed E-state index contributed by atoms with van der Waals surface area (Å²) in [5.41, 5.74) is 2.32. The van der Waals surface area contributed by atoms with Crippen molar-refractivity contribution in [1.82, 2.24) is 4.98 Å². The third-order valence-corrected chi connectivity index (χ3v) is 5.91. The van der Waals surface area contributed by atoms with Crippen LogP contribution in [0, 0.1) is 11.3 Å². The molecule has 0 amide bonds. The molecule has 0 N–H and O–H groups in total. The van der Waals surface area contributed by atoms with Gasteiger partial charge in [-0.25, -0.2) is 9.78 Å². The highest BCUT2D eigenvalue weighted by Crippen LogP contribution is 2.31. The number of thiazole rings is 1. The van der Waals surface area contributed by atoms with Crippen LogP contribution in [0.4, 0.5) is 0 Å². The molecule has 29 heavy (non-hydrogen) atoms. The van der Waals surface area contributed by atoms with Crippen LogP contribution in [-0.4, -0.2) is 18.1 Å². The molecule has 5 nitrogen and oxygen atoms in total. The highest BCUT2D eigenvalue weighted by atomic mass is 32.1. The smallest absolute Gasteiger partial charge is 0.338 e. The minimum absolute atomic E-state index is 0.417. The number of ether oxygens (including phenoxy) is 1. The Hall–Kier alpha value is -3.47. The number of hydrogen-bond donors (Lipinski definition) is 0. The number of carbonyl (C=O) groups is 1. The zero-order valence-electron chi connectivity index (χ0n) is 15.3. The van der Waals surface area contributed by atoms with Crippen molar-refractivity contribution in [1.29, 1.82) is 5.26 Å². The van der Waals surface area contributed by atoms with E-state index >= 15 is 0 Å². The van der Waals surface area contributed by atoms with E-state index in [2.05, 4.69) is 11.1 Å². The molecule has 0 radical (unpaired) electrons. The standard InChI is InChI=1S/C22H14N2O3S2/c1-26-22(25)17-6-3-2-5-16(17)19-9-8-15(27-19)11-14(12-23)21-24-18(13-29-21)20-7-4-10-28-20/h2-11,13H,1H3. The Kier molecular flexibility index (Phi) is 5.38. The van der Waals surface area contributed by atoms with Crippen molar-refractivity contribution in [3.8, 4) is 28.0 Å². The Morgan fingerprint density at radius 3 is 2.79 bits per heavy atom. The molecule has 0 aliphatic carbocycles. The van der Waals surface area contributed by atoms with Gasteiger partial charge in [0.05, 0.1) is 28.8 Å². The van der Waals surface area contributed by atoms with Gasteiger partial charge >= 0.3 is 5.97 Å². The van der Waals surface area contributed by atoms with Crippen LogP contribution in [0.25, 0.3) is 33.5 Å². The van der Waals surface area contributed by atoms with Crippen LogP contribution < -0.4 is 0 Å². The van der Waals surface area contributed by atoms with E-state index in [4.69, 9.17) is 9.15 Å². The number of rotatable bonds is 5. The van der Waals surface area contributed by atoms with Crippen molar-refractivity contribution in [2.75, 3.05) is 7.11 Å². The molecule has 4 rings (SSSR count). The molecule has 0 atom stereocenters. The Morgan fingerprint density at radius 1 is 1.17 bits per heavy atom. The van der Waals surface area contributed by atoms with Crippen LogP contribution in [0.3, 0.4) is 0 Å². The largest absolute Gasteiger partial charge is 0.465 e. The van der Waals surface area contributed by atoms with E-state index in [1.165, 1.54) is 18.4 Å². The van der Waals surface area contributed by atoms with E-state index in [0.717, 1.165) is 10.6 Å². The Balaban J connectivity index is 1.65. The van der Waals surface area contributed by atoms with E-state index in [1.807, 2.05) is 29.0 Å². The Labute approximate surface area is 175 Å². The second-order valence-electron chi connectivity index (χ2n) is 5.92. The molecule has 0 spiro atoms. The lowest BCUT2D eigenvalue weighted by Crippen LogP contribution is -2.02. The minimum atomic E-state index is -0.435. The van der Waals surface area contributed by atoms with Gasteiger partial charge in [0, 0.05) is 17.0 Å². The van der Waals surface area contributed by atoms with Gasteiger partial charge in [0.25, 0.3) is 0 Å². The summed E-state index contributed by atoms with van der Waals surface area (Å²) in [5.74, 6) is 0.591. The summed E-state index contributed by atoms with van der Waals surface area (Å²) in [5, 5.41) is 14.2. The first-order valence-corrected chi connectivity index (χ1v) is 10.3. The number of thiophene rings is 1. The number of methoxy groups -OCH3 is 1. The molecule has 0 saturated heterocycles. The average Bonchev–Trinajstić information content (AvgIpc) is 3.52. The van der Waals surface area contributed by atoms with Crippen LogP contribution in [0.15, 0.2) is 63.7 Å². The quantitative estimate of drug-likeness (QED) is 0.294. The molecule has 0 aliphatic rings. The second-order valence-corrected chi connectivity index (χ2v) is 7.73. The van der Waals surface area contributed by atoms with Crippen molar-refractivity contribution < 1.29 is 13.9 Å². The van der Waals surface area contributed by atoms with Gasteiger partial charge in [-0.05, 0) is 29.6 Å². The molecule has 3 aromatic heterocycles. The van der Waals surface area contributed by atoms with Crippen molar-refractivity contribution in [3.63, 3.8) is 0 Å². The molecule has 7 heteroatoms. The van der Waals surface area contributed by atoms with Gasteiger partial charge in [-0.2, -0.15) is 5.26 Å². The Bertz CT molecular complexity index is 1230. The van der Waals surface area contributed by atoms with Gasteiger partial charge in [0.15, 0.2) is 0 Å². The van der Waals surface area contributed by atoms with Crippen molar-refractivity contribution >= 4 is 40.3 Å². The summed E-state index contributed by atoms with van der Waals surface area (Å²) < 4.78 is 10.7. The summed E-state index contributed by atoms with van der Waals surface area (Å²) in [7, 11) is 1.34. The normalized spacial score (nSPS) is 11.2. The number of hydrogen-bond acceptors (Lipinski definition) is 7. The van der Waals surface area contributed by atoms with E-state index in [-0.39, 0.29) is 0 Å². The minimum Gasteiger partial charge on any atom is -0.465 e. The highest BCUT2D eigenvalue weighted by molar-refractivity contribution is 7.14. The molecule has 3 heterocycles. The third-order valence-electron chi connectivity index (χ3n) is 4.14. The molecule has 1 aromatic carbocycles. The van der Waals surface area contributed by atoms with E-state index in [9.17, 15) is 10.1 Å². The number of esters is 1. The predicted molar refractivity (Wildman–Crippen MR) is 114 cm³/mol. The van der Waals surface area contributed by atoms with Crippen molar-refractivity contribution in [3.05, 3.63) is 75.6 Å². The summed E-state index contributed by atoms with van der Waals surface area (Å²) in [4.78, 5) is 17.6.